The molecular weight excluding hydrogens is 286 g/mol. The molecule has 0 saturated carbocycles. The van der Waals surface area contributed by atoms with Gasteiger partial charge in [0.15, 0.2) is 0 Å². The second-order valence-electron chi connectivity index (χ2n) is 6.28. The van der Waals surface area contributed by atoms with Gasteiger partial charge in [-0.15, -0.1) is 0 Å². The highest BCUT2D eigenvalue weighted by Crippen LogP contribution is 2.27. The minimum absolute atomic E-state index is 0.0941. The molecule has 1 heterocycles. The predicted molar refractivity (Wildman–Crippen MR) is 94.2 cm³/mol. The third-order valence-electron chi connectivity index (χ3n) is 4.40. The summed E-state index contributed by atoms with van der Waals surface area (Å²) in [4.78, 5) is 12.6. The van der Waals surface area contributed by atoms with Gasteiger partial charge in [-0.05, 0) is 29.2 Å². The van der Waals surface area contributed by atoms with Gasteiger partial charge in [-0.1, -0.05) is 50.2 Å². The van der Waals surface area contributed by atoms with E-state index in [4.69, 9.17) is 0 Å². The summed E-state index contributed by atoms with van der Waals surface area (Å²) in [7, 11) is 1.75. The SMILES string of the molecule is CC(C)c1ccc(Cc2c(O)c3ccccc3n(C)c2=O)cc1. The molecule has 0 unspecified atom stereocenters. The number of pyridine rings is 1. The number of aromatic hydroxyl groups is 1. The van der Waals surface area contributed by atoms with E-state index in [2.05, 4.69) is 26.0 Å². The van der Waals surface area contributed by atoms with E-state index in [0.717, 1.165) is 11.1 Å². The minimum atomic E-state index is -0.144. The van der Waals surface area contributed by atoms with Crippen molar-refractivity contribution in [2.24, 2.45) is 7.05 Å². The average molecular weight is 307 g/mol. The van der Waals surface area contributed by atoms with Gasteiger partial charge >= 0.3 is 0 Å². The van der Waals surface area contributed by atoms with Gasteiger partial charge < -0.3 is 9.67 Å². The van der Waals surface area contributed by atoms with Crippen LogP contribution in [0.15, 0.2) is 53.3 Å². The molecule has 3 rings (SSSR count). The van der Waals surface area contributed by atoms with Crippen molar-refractivity contribution in [1.29, 1.82) is 0 Å². The molecule has 0 aliphatic rings. The summed E-state index contributed by atoms with van der Waals surface area (Å²) in [5, 5.41) is 11.3. The van der Waals surface area contributed by atoms with Gasteiger partial charge in [0.05, 0.1) is 11.1 Å². The van der Waals surface area contributed by atoms with Crippen molar-refractivity contribution in [3.05, 3.63) is 75.6 Å². The van der Waals surface area contributed by atoms with Gasteiger partial charge in [-0.25, -0.2) is 0 Å². The molecule has 0 spiro atoms. The number of aryl methyl sites for hydroxylation is 1. The standard InChI is InChI=1S/C20H21NO2/c1-13(2)15-10-8-14(9-11-15)12-17-19(22)16-6-4-5-7-18(16)21(3)20(17)23/h4-11,13,22H,12H2,1-3H3. The third kappa shape index (κ3) is 2.74. The first-order valence-electron chi connectivity index (χ1n) is 7.87. The summed E-state index contributed by atoms with van der Waals surface area (Å²) in [5.74, 6) is 0.572. The zero-order valence-electron chi connectivity index (χ0n) is 13.7. The molecule has 0 aliphatic carbocycles. The highest BCUT2D eigenvalue weighted by Gasteiger charge is 2.14. The maximum absolute atomic E-state index is 12.6. The van der Waals surface area contributed by atoms with Crippen molar-refractivity contribution >= 4 is 10.9 Å². The van der Waals surface area contributed by atoms with Crippen molar-refractivity contribution < 1.29 is 5.11 Å². The Bertz CT molecular complexity index is 905. The lowest BCUT2D eigenvalue weighted by Crippen LogP contribution is -2.21. The first kappa shape index (κ1) is 15.3. The highest BCUT2D eigenvalue weighted by molar-refractivity contribution is 5.86. The molecule has 3 nitrogen and oxygen atoms in total. The summed E-state index contributed by atoms with van der Waals surface area (Å²) in [6, 6.07) is 15.7. The number of para-hydroxylation sites is 1. The molecule has 23 heavy (non-hydrogen) atoms. The molecule has 2 aromatic carbocycles. The van der Waals surface area contributed by atoms with Gasteiger partial charge in [0, 0.05) is 18.9 Å². The van der Waals surface area contributed by atoms with E-state index in [9.17, 15) is 9.90 Å². The van der Waals surface area contributed by atoms with Crippen molar-refractivity contribution in [1.82, 2.24) is 4.57 Å². The smallest absolute Gasteiger partial charge is 0.258 e. The van der Waals surface area contributed by atoms with Crippen molar-refractivity contribution in [3.63, 3.8) is 0 Å². The lowest BCUT2D eigenvalue weighted by atomic mass is 9.98. The van der Waals surface area contributed by atoms with Gasteiger partial charge in [0.2, 0.25) is 0 Å². The van der Waals surface area contributed by atoms with Crippen LogP contribution in [0.25, 0.3) is 10.9 Å². The van der Waals surface area contributed by atoms with Crippen LogP contribution in [0, 0.1) is 0 Å². The molecule has 3 heteroatoms. The van der Waals surface area contributed by atoms with Crippen LogP contribution in [0.1, 0.15) is 36.5 Å². The molecule has 0 aliphatic heterocycles. The summed E-state index contributed by atoms with van der Waals surface area (Å²) >= 11 is 0. The topological polar surface area (TPSA) is 42.2 Å². The van der Waals surface area contributed by atoms with E-state index in [1.165, 1.54) is 5.56 Å². The fraction of sp³-hybridized carbons (Fsp3) is 0.250. The van der Waals surface area contributed by atoms with Crippen molar-refractivity contribution in [3.8, 4) is 5.75 Å². The second kappa shape index (κ2) is 5.92. The molecular formula is C20H21NO2. The molecule has 0 saturated heterocycles. The Morgan fingerprint density at radius 3 is 2.35 bits per heavy atom. The van der Waals surface area contributed by atoms with E-state index in [1.54, 1.807) is 11.6 Å². The maximum atomic E-state index is 12.6. The van der Waals surface area contributed by atoms with Crippen LogP contribution < -0.4 is 5.56 Å². The van der Waals surface area contributed by atoms with Gasteiger partial charge in [-0.3, -0.25) is 4.79 Å². The highest BCUT2D eigenvalue weighted by atomic mass is 16.3. The Hall–Kier alpha value is -2.55. The maximum Gasteiger partial charge on any atom is 0.258 e. The summed E-state index contributed by atoms with van der Waals surface area (Å²) in [5.41, 5.74) is 3.34. The van der Waals surface area contributed by atoms with Crippen LogP contribution in [0.2, 0.25) is 0 Å². The zero-order chi connectivity index (χ0) is 16.6. The number of nitrogens with zero attached hydrogens (tertiary/aromatic N) is 1. The van der Waals surface area contributed by atoms with E-state index < -0.39 is 0 Å². The Kier molecular flexibility index (Phi) is 3.95. The number of benzene rings is 2. The zero-order valence-corrected chi connectivity index (χ0v) is 13.7. The van der Waals surface area contributed by atoms with Crippen molar-refractivity contribution in [2.45, 2.75) is 26.2 Å². The Morgan fingerprint density at radius 2 is 1.70 bits per heavy atom. The monoisotopic (exact) mass is 307 g/mol. The van der Waals surface area contributed by atoms with Crippen LogP contribution in [0.4, 0.5) is 0 Å². The molecule has 0 bridgehead atoms. The van der Waals surface area contributed by atoms with Crippen LogP contribution >= 0.6 is 0 Å². The number of aromatic nitrogens is 1. The van der Waals surface area contributed by atoms with Crippen LogP contribution in [-0.4, -0.2) is 9.67 Å². The molecule has 1 aromatic heterocycles. The second-order valence-corrected chi connectivity index (χ2v) is 6.28. The third-order valence-corrected chi connectivity index (χ3v) is 4.40. The predicted octanol–water partition coefficient (Wildman–Crippen LogP) is 3.96. The average Bonchev–Trinajstić information content (AvgIpc) is 2.57. The molecule has 0 atom stereocenters. The fourth-order valence-electron chi connectivity index (χ4n) is 2.93. The number of hydrogen-bond donors (Lipinski definition) is 1. The Labute approximate surface area is 135 Å². The quantitative estimate of drug-likeness (QED) is 0.796. The molecule has 1 N–H and O–H groups in total. The molecule has 0 amide bonds. The normalized spacial score (nSPS) is 11.3. The summed E-state index contributed by atoms with van der Waals surface area (Å²) < 4.78 is 1.60. The largest absolute Gasteiger partial charge is 0.507 e. The van der Waals surface area contributed by atoms with Gasteiger partial charge in [0.1, 0.15) is 5.75 Å². The van der Waals surface area contributed by atoms with Gasteiger partial charge in [0.25, 0.3) is 5.56 Å². The number of fused-ring (bicyclic) bond motifs is 1. The first-order chi connectivity index (χ1) is 11.0. The van der Waals surface area contributed by atoms with Crippen LogP contribution in [-0.2, 0) is 13.5 Å². The summed E-state index contributed by atoms with van der Waals surface area (Å²) in [6.45, 7) is 4.31. The van der Waals surface area contributed by atoms with Crippen LogP contribution in [0.3, 0.4) is 0 Å². The van der Waals surface area contributed by atoms with Crippen LogP contribution in [0.5, 0.6) is 5.75 Å². The first-order valence-corrected chi connectivity index (χ1v) is 7.87. The molecule has 0 fully saturated rings. The van der Waals surface area contributed by atoms with Crippen molar-refractivity contribution in [2.75, 3.05) is 0 Å². The van der Waals surface area contributed by atoms with E-state index in [1.807, 2.05) is 36.4 Å². The van der Waals surface area contributed by atoms with E-state index in [-0.39, 0.29) is 11.3 Å². The minimum Gasteiger partial charge on any atom is -0.507 e. The number of hydrogen-bond acceptors (Lipinski definition) is 2. The molecule has 0 radical (unpaired) electrons. The van der Waals surface area contributed by atoms with Gasteiger partial charge in [-0.2, -0.15) is 0 Å². The fourth-order valence-corrected chi connectivity index (χ4v) is 2.93. The molecule has 3 aromatic rings. The van der Waals surface area contributed by atoms with E-state index >= 15 is 0 Å². The lowest BCUT2D eigenvalue weighted by Gasteiger charge is -2.12. The Balaban J connectivity index is 2.08. The lowest BCUT2D eigenvalue weighted by molar-refractivity contribution is 0.473. The molecule has 118 valence electrons. The Morgan fingerprint density at radius 1 is 1.04 bits per heavy atom. The van der Waals surface area contributed by atoms with E-state index in [0.29, 0.717) is 23.3 Å². The number of rotatable bonds is 3. The summed E-state index contributed by atoms with van der Waals surface area (Å²) in [6.07, 6.45) is 0.432.